The average Bonchev–Trinajstić information content (AvgIpc) is 2.76. The van der Waals surface area contributed by atoms with Crippen LogP contribution in [0.15, 0.2) is 35.3 Å². The van der Waals surface area contributed by atoms with Crippen LogP contribution in [0.5, 0.6) is 0 Å². The molecule has 9 nitrogen and oxygen atoms in total. The highest BCUT2D eigenvalue weighted by molar-refractivity contribution is 6.17. The molecule has 2 aliphatic heterocycles. The predicted molar refractivity (Wildman–Crippen MR) is 126 cm³/mol. The number of aliphatic imine (C=N–C) groups is 1. The summed E-state index contributed by atoms with van der Waals surface area (Å²) < 4.78 is 5.03. The van der Waals surface area contributed by atoms with Gasteiger partial charge in [-0.2, -0.15) is 0 Å². The van der Waals surface area contributed by atoms with Gasteiger partial charge in [0.1, 0.15) is 5.84 Å². The summed E-state index contributed by atoms with van der Waals surface area (Å²) >= 11 is 0. The molecule has 1 fully saturated rings. The number of para-hydroxylation sites is 1. The first-order valence-electron chi connectivity index (χ1n) is 11.0. The third kappa shape index (κ3) is 6.85. The maximum atomic E-state index is 13.3. The third-order valence-corrected chi connectivity index (χ3v) is 5.36. The lowest BCUT2D eigenvalue weighted by Crippen LogP contribution is -2.57. The fourth-order valence-corrected chi connectivity index (χ4v) is 3.66. The van der Waals surface area contributed by atoms with Crippen LogP contribution in [0.3, 0.4) is 0 Å². The highest BCUT2D eigenvalue weighted by Gasteiger charge is 2.32. The van der Waals surface area contributed by atoms with Gasteiger partial charge in [-0.1, -0.05) is 31.0 Å². The molecule has 32 heavy (non-hydrogen) atoms. The van der Waals surface area contributed by atoms with Gasteiger partial charge >= 0.3 is 18.2 Å². The Morgan fingerprint density at radius 1 is 1.00 bits per heavy atom. The molecule has 0 spiro atoms. The van der Waals surface area contributed by atoms with Crippen molar-refractivity contribution in [3.05, 3.63) is 30.3 Å². The lowest BCUT2D eigenvalue weighted by molar-refractivity contribution is 0.0862. The number of benzene rings is 1. The van der Waals surface area contributed by atoms with E-state index in [1.807, 2.05) is 6.07 Å². The van der Waals surface area contributed by atoms with E-state index in [1.54, 1.807) is 41.0 Å². The number of urea groups is 2. The molecule has 0 radical (unpaired) electrons. The number of amidine groups is 1. The zero-order valence-electron chi connectivity index (χ0n) is 18.5. The number of imide groups is 1. The molecular weight excluding hydrogens is 434 g/mol. The number of rotatable bonds is 2. The highest BCUT2D eigenvalue weighted by atomic mass is 35.5. The summed E-state index contributed by atoms with van der Waals surface area (Å²) in [4.78, 5) is 47.2. The second kappa shape index (κ2) is 12.9. The van der Waals surface area contributed by atoms with Gasteiger partial charge in [-0.05, 0) is 31.9 Å². The summed E-state index contributed by atoms with van der Waals surface area (Å²) in [6.45, 7) is 4.14. The highest BCUT2D eigenvalue weighted by Crippen LogP contribution is 2.18. The minimum atomic E-state index is -0.511. The van der Waals surface area contributed by atoms with Gasteiger partial charge in [0.05, 0.1) is 12.3 Å². The summed E-state index contributed by atoms with van der Waals surface area (Å²) in [7, 11) is 0. The van der Waals surface area contributed by atoms with Crippen LogP contribution in [-0.4, -0.2) is 73.1 Å². The second-order valence-electron chi connectivity index (χ2n) is 7.55. The quantitative estimate of drug-likeness (QED) is 0.717. The van der Waals surface area contributed by atoms with Crippen molar-refractivity contribution in [2.75, 3.05) is 44.2 Å². The van der Waals surface area contributed by atoms with Crippen LogP contribution in [0.25, 0.3) is 0 Å². The van der Waals surface area contributed by atoms with Crippen LogP contribution in [0, 0.1) is 0 Å². The summed E-state index contributed by atoms with van der Waals surface area (Å²) in [5, 5.41) is 2.85. The lowest BCUT2D eigenvalue weighted by Gasteiger charge is -2.36. The van der Waals surface area contributed by atoms with Crippen LogP contribution in [0.2, 0.25) is 0 Å². The summed E-state index contributed by atoms with van der Waals surface area (Å²) in [6.07, 6.45) is 4.55. The third-order valence-electron chi connectivity index (χ3n) is 5.36. The predicted octanol–water partition coefficient (Wildman–Crippen LogP) is 3.88. The van der Waals surface area contributed by atoms with E-state index in [4.69, 9.17) is 4.74 Å². The number of nitrogens with one attached hydrogen (secondary N) is 1. The molecule has 0 aliphatic carbocycles. The van der Waals surface area contributed by atoms with Crippen LogP contribution in [-0.2, 0) is 4.74 Å². The minimum Gasteiger partial charge on any atom is -0.450 e. The van der Waals surface area contributed by atoms with Crippen molar-refractivity contribution in [2.45, 2.75) is 39.0 Å². The van der Waals surface area contributed by atoms with Gasteiger partial charge in [-0.3, -0.25) is 10.3 Å². The van der Waals surface area contributed by atoms with E-state index in [1.165, 1.54) is 0 Å². The standard InChI is InChI=1S/C22H31N5O4.ClH/c1-2-31-22(30)26-16-14-25(15-17-26)21(29)27(18-10-6-5-7-11-18)20(28)24-19-12-8-3-4-9-13-23-19;/h5-7,10-11H,2-4,8-9,12-17H2,1H3,(H,23,24,28);1H. The molecule has 0 unspecified atom stereocenters. The molecule has 3 rings (SSSR count). The molecule has 1 aromatic carbocycles. The van der Waals surface area contributed by atoms with Crippen LogP contribution in [0.1, 0.15) is 39.0 Å². The Hall–Kier alpha value is -2.81. The first-order valence-corrected chi connectivity index (χ1v) is 11.0. The van der Waals surface area contributed by atoms with E-state index in [9.17, 15) is 14.4 Å². The monoisotopic (exact) mass is 465 g/mol. The van der Waals surface area contributed by atoms with Crippen LogP contribution < -0.4 is 10.2 Å². The fraction of sp³-hybridized carbons (Fsp3) is 0.545. The number of ether oxygens (including phenoxy) is 1. The van der Waals surface area contributed by atoms with Crippen LogP contribution in [0.4, 0.5) is 20.1 Å². The van der Waals surface area contributed by atoms with E-state index in [0.29, 0.717) is 57.3 Å². The van der Waals surface area contributed by atoms with Crippen molar-refractivity contribution in [1.29, 1.82) is 0 Å². The zero-order chi connectivity index (χ0) is 22.1. The number of hydrogen-bond acceptors (Lipinski definition) is 5. The molecule has 1 saturated heterocycles. The maximum Gasteiger partial charge on any atom is 0.409 e. The van der Waals surface area contributed by atoms with Gasteiger partial charge < -0.3 is 14.5 Å². The molecule has 0 aromatic heterocycles. The lowest BCUT2D eigenvalue weighted by atomic mass is 10.1. The van der Waals surface area contributed by atoms with Crippen molar-refractivity contribution >= 4 is 42.1 Å². The number of piperazine rings is 1. The molecule has 176 valence electrons. The summed E-state index contributed by atoms with van der Waals surface area (Å²) in [5.74, 6) is 0.630. The Balaban J connectivity index is 0.00000363. The maximum absolute atomic E-state index is 13.3. The largest absolute Gasteiger partial charge is 0.450 e. The molecular formula is C22H32ClN5O4. The van der Waals surface area contributed by atoms with Gasteiger partial charge in [0.15, 0.2) is 0 Å². The van der Waals surface area contributed by atoms with Gasteiger partial charge in [0.25, 0.3) is 0 Å². The number of carbonyl (C=O) groups is 3. The molecule has 1 N–H and O–H groups in total. The zero-order valence-corrected chi connectivity index (χ0v) is 19.3. The Labute approximate surface area is 195 Å². The fourth-order valence-electron chi connectivity index (χ4n) is 3.66. The SMILES string of the molecule is CCOC(=O)N1CCN(C(=O)N(C(=O)NC2=NCCCCCC2)c2ccccc2)CC1.Cl. The molecule has 0 atom stereocenters. The summed E-state index contributed by atoms with van der Waals surface area (Å²) in [6, 6.07) is 7.94. The number of hydrogen-bond donors (Lipinski definition) is 1. The van der Waals surface area contributed by atoms with Crippen molar-refractivity contribution in [2.24, 2.45) is 4.99 Å². The second-order valence-corrected chi connectivity index (χ2v) is 7.55. The van der Waals surface area contributed by atoms with E-state index >= 15 is 0 Å². The van der Waals surface area contributed by atoms with Crippen molar-refractivity contribution in [3.63, 3.8) is 0 Å². The normalized spacial score (nSPS) is 16.6. The first kappa shape index (κ1) is 25.5. The van der Waals surface area contributed by atoms with E-state index in [0.717, 1.165) is 30.6 Å². The molecule has 0 bridgehead atoms. The van der Waals surface area contributed by atoms with E-state index in [2.05, 4.69) is 10.3 Å². The van der Waals surface area contributed by atoms with E-state index in [-0.39, 0.29) is 18.5 Å². The van der Waals surface area contributed by atoms with Gasteiger partial charge in [0.2, 0.25) is 0 Å². The van der Waals surface area contributed by atoms with E-state index < -0.39 is 12.1 Å². The number of halogens is 1. The number of carbonyl (C=O) groups excluding carboxylic acids is 3. The Bertz CT molecular complexity index is 797. The van der Waals surface area contributed by atoms with Gasteiger partial charge in [0, 0.05) is 39.1 Å². The van der Waals surface area contributed by atoms with Crippen LogP contribution >= 0.6 is 12.4 Å². The summed E-state index contributed by atoms with van der Waals surface area (Å²) in [5.41, 5.74) is 0.490. The molecule has 1 aromatic rings. The Kier molecular flexibility index (Phi) is 10.3. The Morgan fingerprint density at radius 2 is 1.66 bits per heavy atom. The molecule has 10 heteroatoms. The molecule has 2 aliphatic rings. The number of amides is 5. The Morgan fingerprint density at radius 3 is 2.34 bits per heavy atom. The van der Waals surface area contributed by atoms with Crippen molar-refractivity contribution < 1.29 is 19.1 Å². The van der Waals surface area contributed by atoms with Gasteiger partial charge in [-0.25, -0.2) is 19.3 Å². The minimum absolute atomic E-state index is 0. The van der Waals surface area contributed by atoms with Crippen molar-refractivity contribution in [1.82, 2.24) is 15.1 Å². The van der Waals surface area contributed by atoms with Gasteiger partial charge in [-0.15, -0.1) is 12.4 Å². The molecule has 0 saturated carbocycles. The topological polar surface area (TPSA) is 94.5 Å². The first-order chi connectivity index (χ1) is 15.1. The molecule has 5 amide bonds. The smallest absolute Gasteiger partial charge is 0.409 e. The molecule has 2 heterocycles. The van der Waals surface area contributed by atoms with Crippen molar-refractivity contribution in [3.8, 4) is 0 Å². The number of anilines is 1. The number of nitrogens with zero attached hydrogens (tertiary/aromatic N) is 4. The average molecular weight is 466 g/mol.